The Morgan fingerprint density at radius 2 is 1.72 bits per heavy atom. The van der Waals surface area contributed by atoms with Gasteiger partial charge in [0.1, 0.15) is 0 Å². The van der Waals surface area contributed by atoms with Crippen LogP contribution in [0.2, 0.25) is 5.02 Å². The molecule has 0 spiro atoms. The molecule has 0 fully saturated rings. The quantitative estimate of drug-likeness (QED) is 0.659. The summed E-state index contributed by atoms with van der Waals surface area (Å²) in [4.78, 5) is 0.250. The van der Waals surface area contributed by atoms with Gasteiger partial charge >= 0.3 is 0 Å². The van der Waals surface area contributed by atoms with Crippen molar-refractivity contribution in [1.29, 1.82) is 0 Å². The lowest BCUT2D eigenvalue weighted by molar-refractivity contribution is 0.0991. The third-order valence-electron chi connectivity index (χ3n) is 4.03. The van der Waals surface area contributed by atoms with Crippen molar-refractivity contribution in [3.05, 3.63) is 65.2 Å². The normalized spacial score (nSPS) is 13.1. The fourth-order valence-electron chi connectivity index (χ4n) is 2.53. The molecule has 0 aliphatic rings. The number of hydrogen-bond acceptors (Lipinski definition) is 3. The first kappa shape index (κ1) is 19.9. The first-order valence-corrected chi connectivity index (χ1v) is 10.1. The van der Waals surface area contributed by atoms with Crippen LogP contribution in [-0.4, -0.2) is 39.0 Å². The fraction of sp³-hybridized carbons (Fsp3) is 0.368. The number of benzene rings is 2. The largest absolute Gasteiger partial charge is 0.380 e. The van der Waals surface area contributed by atoms with Crippen LogP contribution in [0.3, 0.4) is 0 Å². The van der Waals surface area contributed by atoms with E-state index < -0.39 is 10.0 Å². The molecule has 0 aliphatic heterocycles. The summed E-state index contributed by atoms with van der Waals surface area (Å²) in [6.45, 7) is 2.62. The van der Waals surface area contributed by atoms with E-state index in [4.69, 9.17) is 16.3 Å². The van der Waals surface area contributed by atoms with E-state index in [0.29, 0.717) is 18.1 Å². The third-order valence-corrected chi connectivity index (χ3v) is 6.16. The number of sulfonamides is 1. The maximum Gasteiger partial charge on any atom is 0.243 e. The Balaban J connectivity index is 2.12. The second-order valence-electron chi connectivity index (χ2n) is 5.95. The molecule has 136 valence electrons. The van der Waals surface area contributed by atoms with Crippen molar-refractivity contribution in [2.24, 2.45) is 0 Å². The standard InChI is InChI=1S/C19H24ClNO3S/c1-16(24-2)15-21(14-6-9-17-7-4-3-5-8-17)25(22,23)19-12-10-18(20)11-13-19/h3-5,7-8,10-13,16H,6,9,14-15H2,1-2H3. The number of aryl methyl sites for hydroxylation is 1. The van der Waals surface area contributed by atoms with Gasteiger partial charge in [-0.05, 0) is 49.6 Å². The molecular weight excluding hydrogens is 358 g/mol. The zero-order chi connectivity index (χ0) is 18.3. The third kappa shape index (κ3) is 5.82. The van der Waals surface area contributed by atoms with Gasteiger partial charge in [-0.15, -0.1) is 0 Å². The number of hydrogen-bond donors (Lipinski definition) is 0. The maximum absolute atomic E-state index is 13.0. The van der Waals surface area contributed by atoms with E-state index in [0.717, 1.165) is 12.8 Å². The van der Waals surface area contributed by atoms with Crippen LogP contribution in [0.5, 0.6) is 0 Å². The van der Waals surface area contributed by atoms with Crippen LogP contribution in [0.15, 0.2) is 59.5 Å². The van der Waals surface area contributed by atoms with Gasteiger partial charge in [0.2, 0.25) is 10.0 Å². The zero-order valence-electron chi connectivity index (χ0n) is 14.6. The lowest BCUT2D eigenvalue weighted by atomic mass is 10.1. The molecule has 0 N–H and O–H groups in total. The van der Waals surface area contributed by atoms with E-state index in [1.54, 1.807) is 31.4 Å². The van der Waals surface area contributed by atoms with Crippen molar-refractivity contribution >= 4 is 21.6 Å². The minimum Gasteiger partial charge on any atom is -0.380 e. The van der Waals surface area contributed by atoms with Gasteiger partial charge in [-0.1, -0.05) is 41.9 Å². The molecule has 25 heavy (non-hydrogen) atoms. The SMILES string of the molecule is COC(C)CN(CCCc1ccccc1)S(=O)(=O)c1ccc(Cl)cc1. The van der Waals surface area contributed by atoms with Gasteiger partial charge in [0.25, 0.3) is 0 Å². The highest BCUT2D eigenvalue weighted by molar-refractivity contribution is 7.89. The lowest BCUT2D eigenvalue weighted by Crippen LogP contribution is -2.38. The molecule has 2 aromatic carbocycles. The van der Waals surface area contributed by atoms with Crippen LogP contribution >= 0.6 is 11.6 Å². The molecular formula is C19H24ClNO3S. The fourth-order valence-corrected chi connectivity index (χ4v) is 4.21. The van der Waals surface area contributed by atoms with Gasteiger partial charge in [0, 0.05) is 25.2 Å². The topological polar surface area (TPSA) is 46.6 Å². The first-order chi connectivity index (χ1) is 11.9. The number of methoxy groups -OCH3 is 1. The Morgan fingerprint density at radius 3 is 2.32 bits per heavy atom. The molecule has 0 aliphatic carbocycles. The summed E-state index contributed by atoms with van der Waals surface area (Å²) in [6.07, 6.45) is 1.39. The molecule has 0 saturated heterocycles. The van der Waals surface area contributed by atoms with Crippen molar-refractivity contribution in [2.45, 2.75) is 30.8 Å². The Labute approximate surface area is 155 Å². The molecule has 0 bridgehead atoms. The molecule has 2 aromatic rings. The monoisotopic (exact) mass is 381 g/mol. The number of rotatable bonds is 9. The molecule has 0 aromatic heterocycles. The number of halogens is 1. The molecule has 2 rings (SSSR count). The maximum atomic E-state index is 13.0. The molecule has 0 radical (unpaired) electrons. The summed E-state index contributed by atoms with van der Waals surface area (Å²) in [5.74, 6) is 0. The van der Waals surface area contributed by atoms with E-state index in [-0.39, 0.29) is 11.0 Å². The van der Waals surface area contributed by atoms with Crippen LogP contribution in [-0.2, 0) is 21.2 Å². The van der Waals surface area contributed by atoms with Crippen LogP contribution in [0.25, 0.3) is 0 Å². The van der Waals surface area contributed by atoms with Crippen molar-refractivity contribution in [1.82, 2.24) is 4.31 Å². The van der Waals surface area contributed by atoms with Crippen molar-refractivity contribution in [3.63, 3.8) is 0 Å². The van der Waals surface area contributed by atoms with E-state index >= 15 is 0 Å². The van der Waals surface area contributed by atoms with E-state index in [1.165, 1.54) is 9.87 Å². The summed E-state index contributed by atoms with van der Waals surface area (Å²) >= 11 is 5.87. The zero-order valence-corrected chi connectivity index (χ0v) is 16.1. The molecule has 1 atom stereocenters. The van der Waals surface area contributed by atoms with Crippen molar-refractivity contribution in [3.8, 4) is 0 Å². The van der Waals surface area contributed by atoms with E-state index in [1.807, 2.05) is 25.1 Å². The Kier molecular flexibility index (Phi) is 7.44. The molecule has 6 heteroatoms. The predicted octanol–water partition coefficient (Wildman–Crippen LogP) is 4.00. The Bertz CT molecular complexity index is 748. The Hall–Kier alpha value is -1.40. The van der Waals surface area contributed by atoms with Gasteiger partial charge in [0.05, 0.1) is 11.0 Å². The molecule has 1 unspecified atom stereocenters. The number of nitrogens with zero attached hydrogens (tertiary/aromatic N) is 1. The van der Waals surface area contributed by atoms with E-state index in [2.05, 4.69) is 12.1 Å². The van der Waals surface area contributed by atoms with Crippen molar-refractivity contribution in [2.75, 3.05) is 20.2 Å². The van der Waals surface area contributed by atoms with Gasteiger partial charge in [0.15, 0.2) is 0 Å². The molecule has 0 saturated carbocycles. The van der Waals surface area contributed by atoms with Gasteiger partial charge in [-0.3, -0.25) is 0 Å². The van der Waals surface area contributed by atoms with Crippen molar-refractivity contribution < 1.29 is 13.2 Å². The first-order valence-electron chi connectivity index (χ1n) is 8.26. The highest BCUT2D eigenvalue weighted by Crippen LogP contribution is 2.20. The van der Waals surface area contributed by atoms with Gasteiger partial charge < -0.3 is 4.74 Å². The second-order valence-corrected chi connectivity index (χ2v) is 8.33. The highest BCUT2D eigenvalue weighted by atomic mass is 35.5. The highest BCUT2D eigenvalue weighted by Gasteiger charge is 2.25. The Morgan fingerprint density at radius 1 is 1.08 bits per heavy atom. The average Bonchev–Trinajstić information content (AvgIpc) is 2.62. The smallest absolute Gasteiger partial charge is 0.243 e. The summed E-state index contributed by atoms with van der Waals surface area (Å²) < 4.78 is 32.7. The summed E-state index contributed by atoms with van der Waals surface area (Å²) in [5, 5.41) is 0.514. The van der Waals surface area contributed by atoms with E-state index in [9.17, 15) is 8.42 Å². The van der Waals surface area contributed by atoms with Gasteiger partial charge in [-0.25, -0.2) is 8.42 Å². The summed E-state index contributed by atoms with van der Waals surface area (Å²) in [6, 6.07) is 16.3. The van der Waals surface area contributed by atoms with Crippen LogP contribution < -0.4 is 0 Å². The second kappa shape index (κ2) is 9.34. The average molecular weight is 382 g/mol. The summed E-state index contributed by atoms with van der Waals surface area (Å²) in [5.41, 5.74) is 1.20. The summed E-state index contributed by atoms with van der Waals surface area (Å²) in [7, 11) is -2.00. The molecule has 0 amide bonds. The molecule has 4 nitrogen and oxygen atoms in total. The van der Waals surface area contributed by atoms with Crippen LogP contribution in [0.1, 0.15) is 18.9 Å². The minimum atomic E-state index is -3.58. The molecule has 0 heterocycles. The predicted molar refractivity (Wildman–Crippen MR) is 101 cm³/mol. The lowest BCUT2D eigenvalue weighted by Gasteiger charge is -2.25. The van der Waals surface area contributed by atoms with Gasteiger partial charge in [-0.2, -0.15) is 4.31 Å². The number of ether oxygens (including phenoxy) is 1. The minimum absolute atomic E-state index is 0.182. The van der Waals surface area contributed by atoms with Crippen LogP contribution in [0.4, 0.5) is 0 Å². The van der Waals surface area contributed by atoms with Crippen LogP contribution in [0, 0.1) is 0 Å².